The van der Waals surface area contributed by atoms with Crippen molar-refractivity contribution in [2.75, 3.05) is 4.90 Å². The maximum Gasteiger partial charge on any atom is 0.160 e. The predicted molar refractivity (Wildman–Crippen MR) is 212 cm³/mol. The van der Waals surface area contributed by atoms with Crippen molar-refractivity contribution in [1.82, 2.24) is 0 Å². The zero-order valence-corrected chi connectivity index (χ0v) is 27.7. The normalized spacial score (nSPS) is 11.5. The zero-order chi connectivity index (χ0) is 33.7. The van der Waals surface area contributed by atoms with Gasteiger partial charge in [-0.3, -0.25) is 0 Å². The van der Waals surface area contributed by atoms with Crippen molar-refractivity contribution in [3.8, 4) is 33.4 Å². The summed E-state index contributed by atoms with van der Waals surface area (Å²) in [5, 5.41) is 4.47. The molecule has 0 amide bonds. The third-order valence-corrected chi connectivity index (χ3v) is 9.88. The Morgan fingerprint density at radius 3 is 1.71 bits per heavy atom. The second-order valence-electron chi connectivity index (χ2n) is 12.9. The van der Waals surface area contributed by atoms with Gasteiger partial charge in [-0.15, -0.1) is 0 Å². The number of benzene rings is 8. The van der Waals surface area contributed by atoms with Gasteiger partial charge >= 0.3 is 0 Å². The Morgan fingerprint density at radius 2 is 0.922 bits per heavy atom. The first-order chi connectivity index (χ1) is 25.3. The second-order valence-corrected chi connectivity index (χ2v) is 12.9. The number of rotatable bonds is 6. The van der Waals surface area contributed by atoms with Crippen molar-refractivity contribution in [1.29, 1.82) is 0 Å². The highest BCUT2D eigenvalue weighted by molar-refractivity contribution is 6.17. The largest absolute Gasteiger partial charge is 0.456 e. The molecule has 10 rings (SSSR count). The lowest BCUT2D eigenvalue weighted by Crippen LogP contribution is -2.10. The Labute approximate surface area is 295 Å². The van der Waals surface area contributed by atoms with Gasteiger partial charge < -0.3 is 13.7 Å². The molecule has 10 aromatic rings. The van der Waals surface area contributed by atoms with Crippen LogP contribution < -0.4 is 4.90 Å². The molecule has 0 atom stereocenters. The summed E-state index contributed by atoms with van der Waals surface area (Å²) in [6, 6.07) is 66.1. The molecule has 3 heteroatoms. The van der Waals surface area contributed by atoms with E-state index in [9.17, 15) is 0 Å². The maximum atomic E-state index is 6.79. The molecule has 0 aliphatic carbocycles. The number of para-hydroxylation sites is 2. The fourth-order valence-corrected chi connectivity index (χ4v) is 7.44. The van der Waals surface area contributed by atoms with Crippen molar-refractivity contribution in [2.45, 2.75) is 0 Å². The van der Waals surface area contributed by atoms with Crippen molar-refractivity contribution in [2.24, 2.45) is 0 Å². The third-order valence-electron chi connectivity index (χ3n) is 9.88. The maximum absolute atomic E-state index is 6.79. The molecule has 0 spiro atoms. The summed E-state index contributed by atoms with van der Waals surface area (Å²) >= 11 is 0. The SMILES string of the molecule is c1ccc(-c2cccc(N(c3ccc(-c4ccc5c(c4)oc4ccccc45)cc3)c3ccc(-c4ccccc4)c4c3oc3ccccc34)c2)cc1. The highest BCUT2D eigenvalue weighted by Crippen LogP contribution is 2.46. The Kier molecular flexibility index (Phi) is 6.81. The lowest BCUT2D eigenvalue weighted by atomic mass is 9.97. The molecular weight excluding hydrogens is 623 g/mol. The van der Waals surface area contributed by atoms with Crippen LogP contribution in [0, 0.1) is 0 Å². The molecule has 3 nitrogen and oxygen atoms in total. The Hall–Kier alpha value is -6.84. The molecule has 0 N–H and O–H groups in total. The van der Waals surface area contributed by atoms with E-state index in [0.29, 0.717) is 0 Å². The van der Waals surface area contributed by atoms with Crippen molar-refractivity contribution in [3.63, 3.8) is 0 Å². The van der Waals surface area contributed by atoms with E-state index in [1.54, 1.807) is 0 Å². The first-order valence-electron chi connectivity index (χ1n) is 17.3. The van der Waals surface area contributed by atoms with Crippen LogP contribution in [-0.4, -0.2) is 0 Å². The molecule has 0 unspecified atom stereocenters. The van der Waals surface area contributed by atoms with Gasteiger partial charge in [-0.1, -0.05) is 133 Å². The number of nitrogens with zero attached hydrogens (tertiary/aromatic N) is 1. The molecule has 0 aliphatic rings. The fourth-order valence-electron chi connectivity index (χ4n) is 7.44. The van der Waals surface area contributed by atoms with Crippen LogP contribution in [0.25, 0.3) is 77.3 Å². The number of anilines is 3. The first kappa shape index (κ1) is 29.1. The monoisotopic (exact) mass is 653 g/mol. The van der Waals surface area contributed by atoms with E-state index in [-0.39, 0.29) is 0 Å². The summed E-state index contributed by atoms with van der Waals surface area (Å²) < 4.78 is 13.0. The number of furan rings is 2. The van der Waals surface area contributed by atoms with Crippen LogP contribution in [-0.2, 0) is 0 Å². The standard InChI is InChI=1S/C48H31NO2/c1-3-12-32(13-4-1)35-16-11-17-38(30-35)49(37-25-22-33(23-26-37)36-24-27-41-40-18-7-9-20-44(40)50-46(41)31-36)43-29-28-39(34-14-5-2-6-15-34)47-42-19-8-10-21-45(42)51-48(43)47/h1-31H. The van der Waals surface area contributed by atoms with Crippen LogP contribution in [0.3, 0.4) is 0 Å². The zero-order valence-electron chi connectivity index (χ0n) is 27.7. The molecule has 0 fully saturated rings. The summed E-state index contributed by atoms with van der Waals surface area (Å²) in [5.41, 5.74) is 13.4. The fraction of sp³-hybridized carbons (Fsp3) is 0. The number of hydrogen-bond donors (Lipinski definition) is 0. The predicted octanol–water partition coefficient (Wildman–Crippen LogP) is 14.0. The van der Waals surface area contributed by atoms with Gasteiger partial charge in [-0.05, 0) is 88.0 Å². The molecule has 0 saturated carbocycles. The van der Waals surface area contributed by atoms with Gasteiger partial charge in [0.1, 0.15) is 16.7 Å². The van der Waals surface area contributed by atoms with Gasteiger partial charge in [-0.25, -0.2) is 0 Å². The van der Waals surface area contributed by atoms with Gasteiger partial charge in [0.15, 0.2) is 5.58 Å². The minimum atomic E-state index is 0.849. The van der Waals surface area contributed by atoms with Crippen molar-refractivity contribution in [3.05, 3.63) is 188 Å². The van der Waals surface area contributed by atoms with E-state index in [2.05, 4.69) is 175 Å². The van der Waals surface area contributed by atoms with Crippen LogP contribution in [0.4, 0.5) is 17.1 Å². The summed E-state index contributed by atoms with van der Waals surface area (Å²) in [6.07, 6.45) is 0. The molecule has 8 aromatic carbocycles. The average molecular weight is 654 g/mol. The molecular formula is C48H31NO2. The van der Waals surface area contributed by atoms with Crippen molar-refractivity contribution < 1.29 is 8.83 Å². The minimum absolute atomic E-state index is 0.849. The summed E-state index contributed by atoms with van der Waals surface area (Å²) in [6.45, 7) is 0. The molecule has 0 radical (unpaired) electrons. The van der Waals surface area contributed by atoms with Gasteiger partial charge in [0.05, 0.1) is 5.69 Å². The summed E-state index contributed by atoms with van der Waals surface area (Å²) in [5.74, 6) is 0. The molecule has 2 heterocycles. The molecule has 0 bridgehead atoms. The highest BCUT2D eigenvalue weighted by atomic mass is 16.3. The van der Waals surface area contributed by atoms with Crippen molar-refractivity contribution >= 4 is 60.9 Å². The Balaban J connectivity index is 1.16. The van der Waals surface area contributed by atoms with Gasteiger partial charge in [0, 0.05) is 32.9 Å². The van der Waals surface area contributed by atoms with E-state index in [4.69, 9.17) is 8.83 Å². The average Bonchev–Trinajstić information content (AvgIpc) is 3.78. The van der Waals surface area contributed by atoms with Crippen LogP contribution in [0.15, 0.2) is 197 Å². The van der Waals surface area contributed by atoms with E-state index in [1.165, 1.54) is 5.56 Å². The van der Waals surface area contributed by atoms with E-state index < -0.39 is 0 Å². The Morgan fingerprint density at radius 1 is 0.333 bits per heavy atom. The minimum Gasteiger partial charge on any atom is -0.456 e. The smallest absolute Gasteiger partial charge is 0.160 e. The molecule has 0 saturated heterocycles. The van der Waals surface area contributed by atoms with E-state index in [1.807, 2.05) is 18.2 Å². The summed E-state index contributed by atoms with van der Waals surface area (Å²) in [4.78, 5) is 2.32. The topological polar surface area (TPSA) is 29.5 Å². The number of fused-ring (bicyclic) bond motifs is 6. The Bertz CT molecular complexity index is 2850. The van der Waals surface area contributed by atoms with Crippen LogP contribution in [0.2, 0.25) is 0 Å². The van der Waals surface area contributed by atoms with Crippen LogP contribution in [0.1, 0.15) is 0 Å². The molecule has 0 aliphatic heterocycles. The lowest BCUT2D eigenvalue weighted by Gasteiger charge is -2.27. The van der Waals surface area contributed by atoms with E-state index >= 15 is 0 Å². The molecule has 2 aromatic heterocycles. The molecule has 240 valence electrons. The van der Waals surface area contributed by atoms with E-state index in [0.717, 1.165) is 88.8 Å². The quantitative estimate of drug-likeness (QED) is 0.179. The van der Waals surface area contributed by atoms with Crippen LogP contribution in [0.5, 0.6) is 0 Å². The highest BCUT2D eigenvalue weighted by Gasteiger charge is 2.22. The number of hydrogen-bond acceptors (Lipinski definition) is 3. The first-order valence-corrected chi connectivity index (χ1v) is 17.3. The van der Waals surface area contributed by atoms with Gasteiger partial charge in [0.25, 0.3) is 0 Å². The molecule has 51 heavy (non-hydrogen) atoms. The second kappa shape index (κ2) is 11.9. The van der Waals surface area contributed by atoms with Gasteiger partial charge in [0.2, 0.25) is 0 Å². The lowest BCUT2D eigenvalue weighted by molar-refractivity contribution is 0.668. The van der Waals surface area contributed by atoms with Gasteiger partial charge in [-0.2, -0.15) is 0 Å². The third kappa shape index (κ3) is 4.98. The summed E-state index contributed by atoms with van der Waals surface area (Å²) in [7, 11) is 0. The van der Waals surface area contributed by atoms with Crippen LogP contribution >= 0.6 is 0 Å².